The van der Waals surface area contributed by atoms with Gasteiger partial charge in [0.2, 0.25) is 0 Å². The normalized spacial score (nSPS) is 9.80. The van der Waals surface area contributed by atoms with Crippen molar-refractivity contribution in [2.45, 2.75) is 71.1 Å². The van der Waals surface area contributed by atoms with E-state index in [4.69, 9.17) is 22.6 Å². The average Bonchev–Trinajstić information content (AvgIpc) is 2.25. The van der Waals surface area contributed by atoms with Gasteiger partial charge >= 0.3 is 40.0 Å². The molecular formula is C12H31NaO6S. The van der Waals surface area contributed by atoms with Gasteiger partial charge < -0.3 is 10.6 Å². The molecule has 122 valence electrons. The topological polar surface area (TPSA) is 126 Å². The molecule has 0 aromatic rings. The van der Waals surface area contributed by atoms with Crippen LogP contribution in [0.15, 0.2) is 0 Å². The number of unbranched alkanes of at least 4 members (excludes halogenated alkanes) is 9. The summed E-state index contributed by atoms with van der Waals surface area (Å²) in [4.78, 5) is 0. The van der Waals surface area contributed by atoms with Crippen LogP contribution in [0.1, 0.15) is 71.1 Å². The van der Waals surface area contributed by atoms with Gasteiger partial charge in [-0.25, -0.2) is 0 Å². The van der Waals surface area contributed by atoms with Crippen molar-refractivity contribution in [3.05, 3.63) is 0 Å². The van der Waals surface area contributed by atoms with Gasteiger partial charge in [-0.05, 0) is 6.42 Å². The Bertz CT molecular complexity index is 228. The van der Waals surface area contributed by atoms with Gasteiger partial charge in [-0.2, -0.15) is 8.42 Å². The van der Waals surface area contributed by atoms with E-state index in [0.29, 0.717) is 6.61 Å². The van der Waals surface area contributed by atoms with Crippen molar-refractivity contribution in [2.75, 3.05) is 6.61 Å². The van der Waals surface area contributed by atoms with Gasteiger partial charge in [0.1, 0.15) is 0 Å². The fourth-order valence-corrected chi connectivity index (χ4v) is 1.60. The molecule has 0 aliphatic rings. The second-order valence-electron chi connectivity index (χ2n) is 4.35. The van der Waals surface area contributed by atoms with Crippen LogP contribution in [-0.4, -0.2) is 64.3 Å². The molecule has 5 N–H and O–H groups in total. The van der Waals surface area contributed by atoms with Gasteiger partial charge in [-0.15, -0.1) is 0 Å². The van der Waals surface area contributed by atoms with Crippen molar-refractivity contribution in [1.29, 1.82) is 0 Å². The van der Waals surface area contributed by atoms with Crippen LogP contribution in [0.5, 0.6) is 0 Å². The molecule has 0 bridgehead atoms. The molecule has 0 unspecified atom stereocenters. The van der Waals surface area contributed by atoms with E-state index in [1.807, 2.05) is 0 Å². The second-order valence-corrected chi connectivity index (χ2v) is 5.25. The molecule has 0 fully saturated rings. The Hall–Kier alpha value is 0.790. The van der Waals surface area contributed by atoms with Crippen LogP contribution in [0, 0.1) is 0 Å². The molecule has 20 heavy (non-hydrogen) atoms. The van der Waals surface area contributed by atoms with Crippen LogP contribution in [0.3, 0.4) is 0 Å². The molecule has 0 saturated carbocycles. The van der Waals surface area contributed by atoms with Crippen molar-refractivity contribution >= 4 is 40.0 Å². The molecule has 0 saturated heterocycles. The summed E-state index contributed by atoms with van der Waals surface area (Å²) in [5, 5.41) is 8.57. The van der Waals surface area contributed by atoms with E-state index in [-0.39, 0.29) is 35.0 Å². The summed E-state index contributed by atoms with van der Waals surface area (Å²) in [6.45, 7) is 2.63. The van der Waals surface area contributed by atoms with Gasteiger partial charge in [0.05, 0.1) is 0 Å². The van der Waals surface area contributed by atoms with Crippen LogP contribution >= 0.6 is 0 Å². The first-order valence-electron chi connectivity index (χ1n) is 6.72. The Labute approximate surface area is 145 Å². The Balaban J connectivity index is -0.000000158. The number of aliphatic hydroxyl groups excluding tert-OH is 1. The first-order valence-corrected chi connectivity index (χ1v) is 8.12. The first kappa shape index (κ1) is 28.9. The molecule has 0 spiro atoms. The maximum absolute atomic E-state index is 8.74. The number of aliphatic hydroxyl groups is 1. The van der Waals surface area contributed by atoms with E-state index in [9.17, 15) is 0 Å². The molecule has 0 radical (unpaired) electrons. The van der Waals surface area contributed by atoms with Crippen LogP contribution in [0.2, 0.25) is 0 Å². The quantitative estimate of drug-likeness (QED) is 0.320. The van der Waals surface area contributed by atoms with Crippen LogP contribution in [0.4, 0.5) is 0 Å². The summed E-state index contributed by atoms with van der Waals surface area (Å²) in [5.74, 6) is 0. The zero-order valence-electron chi connectivity index (χ0n) is 11.8. The number of rotatable bonds is 10. The molecule has 0 aromatic heterocycles. The van der Waals surface area contributed by atoms with Crippen LogP contribution < -0.4 is 0 Å². The molecule has 0 aromatic carbocycles. The minimum atomic E-state index is -4.67. The molecule has 0 atom stereocenters. The minimum absolute atomic E-state index is 0. The summed E-state index contributed by atoms with van der Waals surface area (Å²) >= 11 is 0. The molecular weight excluding hydrogens is 295 g/mol. The van der Waals surface area contributed by atoms with Crippen LogP contribution in [0.25, 0.3) is 0 Å². The van der Waals surface area contributed by atoms with Crippen molar-refractivity contribution in [2.24, 2.45) is 0 Å². The molecule has 0 aliphatic carbocycles. The predicted octanol–water partition coefficient (Wildman–Crippen LogP) is 1.77. The van der Waals surface area contributed by atoms with Gasteiger partial charge in [0.15, 0.2) is 0 Å². The van der Waals surface area contributed by atoms with E-state index in [1.165, 1.54) is 57.8 Å². The van der Waals surface area contributed by atoms with E-state index < -0.39 is 10.4 Å². The Morgan fingerprint density at radius 3 is 1.25 bits per heavy atom. The van der Waals surface area contributed by atoms with Crippen molar-refractivity contribution < 1.29 is 28.1 Å². The fraction of sp³-hybridized carbons (Fsp3) is 1.00. The van der Waals surface area contributed by atoms with Gasteiger partial charge in [-0.1, -0.05) is 64.7 Å². The molecule has 0 heterocycles. The summed E-state index contributed by atoms with van der Waals surface area (Å²) < 4.78 is 31.6. The maximum atomic E-state index is 8.74. The zero-order valence-corrected chi connectivity index (χ0v) is 12.7. The van der Waals surface area contributed by atoms with Gasteiger partial charge in [0.25, 0.3) is 0 Å². The summed E-state index contributed by atoms with van der Waals surface area (Å²) in [7, 11) is -4.67. The predicted molar refractivity (Wildman–Crippen MR) is 83.9 cm³/mol. The first-order chi connectivity index (χ1) is 8.41. The van der Waals surface area contributed by atoms with Gasteiger partial charge in [-0.3, -0.25) is 9.11 Å². The number of hydrogen-bond acceptors (Lipinski definition) is 3. The standard InChI is InChI=1S/C12H26O.Na.H2O4S.H2O.H/c1-2-3-4-5-6-7-8-9-10-11-12-13;;1-5(2,3)4;;/h13H,2-12H2,1H3;;(H2,1,2,3,4);1H2;. The Morgan fingerprint density at radius 1 is 0.750 bits per heavy atom. The molecule has 8 heteroatoms. The van der Waals surface area contributed by atoms with E-state index >= 15 is 0 Å². The fourth-order valence-electron chi connectivity index (χ4n) is 1.60. The monoisotopic (exact) mass is 326 g/mol. The Morgan fingerprint density at radius 2 is 1.00 bits per heavy atom. The molecule has 0 amide bonds. The summed E-state index contributed by atoms with van der Waals surface area (Å²) in [6.07, 6.45) is 13.3. The zero-order chi connectivity index (χ0) is 14.3. The van der Waals surface area contributed by atoms with E-state index in [2.05, 4.69) is 6.92 Å². The number of hydrogen-bond donors (Lipinski definition) is 3. The average molecular weight is 326 g/mol. The third-order valence-electron chi connectivity index (χ3n) is 2.51. The third-order valence-corrected chi connectivity index (χ3v) is 2.51. The SMILES string of the molecule is CCCCCCCCCCCCO.O.O=S(=O)(O)O.[NaH]. The Kier molecular flexibility index (Phi) is 31.9. The van der Waals surface area contributed by atoms with Gasteiger partial charge in [0, 0.05) is 6.61 Å². The summed E-state index contributed by atoms with van der Waals surface area (Å²) in [5.41, 5.74) is 0. The van der Waals surface area contributed by atoms with Crippen LogP contribution in [-0.2, 0) is 10.4 Å². The molecule has 6 nitrogen and oxygen atoms in total. The van der Waals surface area contributed by atoms with E-state index in [1.54, 1.807) is 0 Å². The van der Waals surface area contributed by atoms with Crippen molar-refractivity contribution in [3.63, 3.8) is 0 Å². The molecule has 0 aliphatic heterocycles. The second kappa shape index (κ2) is 22.1. The molecule has 0 rings (SSSR count). The van der Waals surface area contributed by atoms with Crippen molar-refractivity contribution in [3.8, 4) is 0 Å². The third kappa shape index (κ3) is 51.1. The van der Waals surface area contributed by atoms with Crippen molar-refractivity contribution in [1.82, 2.24) is 0 Å². The summed E-state index contributed by atoms with van der Waals surface area (Å²) in [6, 6.07) is 0. The van der Waals surface area contributed by atoms with E-state index in [0.717, 1.165) is 6.42 Å².